The maximum atomic E-state index is 13.1. The lowest BCUT2D eigenvalue weighted by atomic mass is 10.2. The number of nitro groups is 1. The lowest BCUT2D eigenvalue weighted by molar-refractivity contribution is -0.387. The Morgan fingerprint density at radius 1 is 1.40 bits per heavy atom. The highest BCUT2D eigenvalue weighted by Gasteiger charge is 2.18. The number of rotatable bonds is 3. The summed E-state index contributed by atoms with van der Waals surface area (Å²) >= 11 is 5.62. The van der Waals surface area contributed by atoms with Gasteiger partial charge < -0.3 is 0 Å². The molecule has 102 valence electrons. The van der Waals surface area contributed by atoms with E-state index in [0.29, 0.717) is 0 Å². The molecule has 1 amide bonds. The molecule has 0 bridgehead atoms. The van der Waals surface area contributed by atoms with E-state index in [4.69, 9.17) is 11.6 Å². The fourth-order valence-electron chi connectivity index (χ4n) is 1.36. The van der Waals surface area contributed by atoms with Gasteiger partial charge in [-0.1, -0.05) is 11.6 Å². The second-order valence-electron chi connectivity index (χ2n) is 3.58. The number of amides is 1. The fourth-order valence-corrected chi connectivity index (χ4v) is 1.50. The van der Waals surface area contributed by atoms with E-state index in [1.807, 2.05) is 0 Å². The summed E-state index contributed by atoms with van der Waals surface area (Å²) in [5, 5.41) is 13.0. The molecule has 1 heterocycles. The van der Waals surface area contributed by atoms with E-state index in [-0.39, 0.29) is 16.7 Å². The van der Waals surface area contributed by atoms with Crippen LogP contribution in [0.5, 0.6) is 0 Å². The van der Waals surface area contributed by atoms with Crippen molar-refractivity contribution in [3.63, 3.8) is 0 Å². The monoisotopic (exact) mass is 296 g/mol. The Balaban J connectivity index is 2.26. The van der Waals surface area contributed by atoms with Crippen molar-refractivity contribution in [3.8, 4) is 0 Å². The molecule has 0 radical (unpaired) electrons. The van der Waals surface area contributed by atoms with Crippen molar-refractivity contribution in [3.05, 3.63) is 57.1 Å². The van der Waals surface area contributed by atoms with Gasteiger partial charge in [-0.15, -0.1) is 0 Å². The molecule has 0 aliphatic heterocycles. The zero-order valence-corrected chi connectivity index (χ0v) is 10.5. The third-order valence-corrected chi connectivity index (χ3v) is 2.46. The molecular formula is C11H6ClFN4O3. The minimum atomic E-state index is -1.02. The van der Waals surface area contributed by atoms with Gasteiger partial charge >= 0.3 is 5.69 Å². The average molecular weight is 297 g/mol. The van der Waals surface area contributed by atoms with Gasteiger partial charge in [0.05, 0.1) is 4.92 Å². The van der Waals surface area contributed by atoms with Crippen LogP contribution in [0.3, 0.4) is 0 Å². The van der Waals surface area contributed by atoms with Gasteiger partial charge in [0.25, 0.3) is 5.91 Å². The zero-order valence-electron chi connectivity index (χ0n) is 9.71. The first-order valence-electron chi connectivity index (χ1n) is 5.21. The molecular weight excluding hydrogens is 291 g/mol. The Bertz CT molecular complexity index is 695. The first kappa shape index (κ1) is 13.8. The third-order valence-electron chi connectivity index (χ3n) is 2.25. The van der Waals surface area contributed by atoms with Crippen LogP contribution in [-0.2, 0) is 0 Å². The Kier molecular flexibility index (Phi) is 3.85. The van der Waals surface area contributed by atoms with E-state index in [0.717, 1.165) is 18.2 Å². The summed E-state index contributed by atoms with van der Waals surface area (Å²) in [6.07, 6.45) is 1.33. The number of carbonyl (C=O) groups excluding carboxylic acids is 1. The van der Waals surface area contributed by atoms with E-state index in [9.17, 15) is 19.3 Å². The lowest BCUT2D eigenvalue weighted by Gasteiger charge is -2.03. The van der Waals surface area contributed by atoms with E-state index in [1.165, 1.54) is 12.3 Å². The van der Waals surface area contributed by atoms with Gasteiger partial charge in [0.1, 0.15) is 5.15 Å². The molecule has 0 spiro atoms. The van der Waals surface area contributed by atoms with E-state index >= 15 is 0 Å². The van der Waals surface area contributed by atoms with Crippen LogP contribution in [0.15, 0.2) is 30.5 Å². The van der Waals surface area contributed by atoms with Crippen LogP contribution in [0.4, 0.5) is 16.0 Å². The summed E-state index contributed by atoms with van der Waals surface area (Å²) < 4.78 is 13.1. The standard InChI is InChI=1S/C11H6ClFN4O3/c12-9-3-4-14-11(15-9)16-10(18)6-1-2-7(13)8(5-6)17(19)20/h1-5H,(H,14,15,16,18). The third kappa shape index (κ3) is 3.04. The molecule has 20 heavy (non-hydrogen) atoms. The minimum absolute atomic E-state index is 0.0607. The van der Waals surface area contributed by atoms with Crippen LogP contribution < -0.4 is 5.32 Å². The van der Waals surface area contributed by atoms with E-state index in [2.05, 4.69) is 15.3 Å². The van der Waals surface area contributed by atoms with Crippen molar-refractivity contribution in [2.45, 2.75) is 0 Å². The molecule has 9 heteroatoms. The largest absolute Gasteiger partial charge is 0.305 e. The number of hydrogen-bond acceptors (Lipinski definition) is 5. The van der Waals surface area contributed by atoms with Gasteiger partial charge in [0, 0.05) is 17.8 Å². The van der Waals surface area contributed by atoms with Crippen LogP contribution in [0.1, 0.15) is 10.4 Å². The molecule has 1 aromatic heterocycles. The highest BCUT2D eigenvalue weighted by molar-refractivity contribution is 6.29. The molecule has 2 rings (SSSR count). The van der Waals surface area contributed by atoms with Crippen LogP contribution in [0, 0.1) is 15.9 Å². The second kappa shape index (κ2) is 5.57. The highest BCUT2D eigenvalue weighted by atomic mass is 35.5. The first-order chi connectivity index (χ1) is 9.47. The van der Waals surface area contributed by atoms with Crippen LogP contribution >= 0.6 is 11.6 Å². The molecule has 0 aliphatic carbocycles. The highest BCUT2D eigenvalue weighted by Crippen LogP contribution is 2.19. The Labute approximate surface area is 116 Å². The predicted octanol–water partition coefficient (Wildman–Crippen LogP) is 2.43. The normalized spacial score (nSPS) is 10.1. The van der Waals surface area contributed by atoms with Crippen molar-refractivity contribution in [1.82, 2.24) is 9.97 Å². The molecule has 0 fully saturated rings. The molecule has 1 N–H and O–H groups in total. The number of nitrogens with zero attached hydrogens (tertiary/aromatic N) is 3. The molecule has 0 saturated heterocycles. The average Bonchev–Trinajstić information content (AvgIpc) is 2.38. The molecule has 2 aromatic rings. The van der Waals surface area contributed by atoms with Crippen molar-refractivity contribution in [2.75, 3.05) is 5.32 Å². The van der Waals surface area contributed by atoms with Crippen LogP contribution in [-0.4, -0.2) is 20.8 Å². The number of halogens is 2. The maximum Gasteiger partial charge on any atom is 0.305 e. The van der Waals surface area contributed by atoms with Gasteiger partial charge in [0.15, 0.2) is 0 Å². The van der Waals surface area contributed by atoms with Gasteiger partial charge in [-0.05, 0) is 18.2 Å². The number of benzene rings is 1. The van der Waals surface area contributed by atoms with E-state index < -0.39 is 22.3 Å². The minimum Gasteiger partial charge on any atom is -0.290 e. The van der Waals surface area contributed by atoms with E-state index in [1.54, 1.807) is 0 Å². The van der Waals surface area contributed by atoms with Crippen molar-refractivity contribution < 1.29 is 14.1 Å². The molecule has 1 aromatic carbocycles. The van der Waals surface area contributed by atoms with Crippen molar-refractivity contribution in [2.24, 2.45) is 0 Å². The van der Waals surface area contributed by atoms with Gasteiger partial charge in [-0.3, -0.25) is 20.2 Å². The summed E-state index contributed by atoms with van der Waals surface area (Å²) in [7, 11) is 0. The van der Waals surface area contributed by atoms with Gasteiger partial charge in [-0.2, -0.15) is 4.39 Å². The Morgan fingerprint density at radius 3 is 2.80 bits per heavy atom. The van der Waals surface area contributed by atoms with Crippen molar-refractivity contribution >= 4 is 29.1 Å². The quantitative estimate of drug-likeness (QED) is 0.533. The number of anilines is 1. The molecule has 0 saturated carbocycles. The summed E-state index contributed by atoms with van der Waals surface area (Å²) in [4.78, 5) is 29.0. The topological polar surface area (TPSA) is 98.0 Å². The Morgan fingerprint density at radius 2 is 2.15 bits per heavy atom. The summed E-state index contributed by atoms with van der Waals surface area (Å²) in [6, 6.07) is 4.20. The molecule has 0 atom stereocenters. The summed E-state index contributed by atoms with van der Waals surface area (Å²) in [5.41, 5.74) is -0.883. The maximum absolute atomic E-state index is 13.1. The smallest absolute Gasteiger partial charge is 0.290 e. The van der Waals surface area contributed by atoms with Gasteiger partial charge in [-0.25, -0.2) is 9.97 Å². The number of carbonyl (C=O) groups is 1. The fraction of sp³-hybridized carbons (Fsp3) is 0. The summed E-state index contributed by atoms with van der Waals surface area (Å²) in [6.45, 7) is 0. The van der Waals surface area contributed by atoms with Crippen LogP contribution in [0.25, 0.3) is 0 Å². The molecule has 0 unspecified atom stereocenters. The summed E-state index contributed by atoms with van der Waals surface area (Å²) in [5.74, 6) is -1.80. The SMILES string of the molecule is O=C(Nc1nccc(Cl)n1)c1ccc(F)c([N+](=O)[O-])c1. The number of nitro benzene ring substituents is 1. The van der Waals surface area contributed by atoms with Crippen LogP contribution in [0.2, 0.25) is 5.15 Å². The Hall–Kier alpha value is -2.61. The number of hydrogen-bond donors (Lipinski definition) is 1. The number of aromatic nitrogens is 2. The number of nitrogens with one attached hydrogen (secondary N) is 1. The van der Waals surface area contributed by atoms with Gasteiger partial charge in [0.2, 0.25) is 11.8 Å². The first-order valence-corrected chi connectivity index (χ1v) is 5.59. The van der Waals surface area contributed by atoms with Crippen molar-refractivity contribution in [1.29, 1.82) is 0 Å². The lowest BCUT2D eigenvalue weighted by Crippen LogP contribution is -2.14. The molecule has 0 aliphatic rings. The second-order valence-corrected chi connectivity index (χ2v) is 3.97. The zero-order chi connectivity index (χ0) is 14.7. The molecule has 7 nitrogen and oxygen atoms in total. The predicted molar refractivity (Wildman–Crippen MR) is 68.0 cm³/mol.